The fourth-order valence-electron chi connectivity index (χ4n) is 1.48. The molecule has 5 heteroatoms. The van der Waals surface area contributed by atoms with Gasteiger partial charge in [0.2, 0.25) is 6.79 Å². The van der Waals surface area contributed by atoms with E-state index in [1.165, 1.54) is 0 Å². The first-order valence-electron chi connectivity index (χ1n) is 4.47. The molecular formula is C10H14ClNO3. The zero-order valence-electron chi connectivity index (χ0n) is 8.43. The van der Waals surface area contributed by atoms with Crippen molar-refractivity contribution in [1.82, 2.24) is 0 Å². The van der Waals surface area contributed by atoms with Crippen molar-refractivity contribution in [3.63, 3.8) is 0 Å². The predicted molar refractivity (Wildman–Crippen MR) is 58.6 cm³/mol. The third-order valence-electron chi connectivity index (χ3n) is 2.27. The van der Waals surface area contributed by atoms with Gasteiger partial charge in [0, 0.05) is 13.7 Å². The zero-order chi connectivity index (χ0) is 9.97. The molecule has 0 saturated heterocycles. The van der Waals surface area contributed by atoms with Gasteiger partial charge in [0.15, 0.2) is 11.5 Å². The van der Waals surface area contributed by atoms with E-state index >= 15 is 0 Å². The highest BCUT2D eigenvalue weighted by Gasteiger charge is 2.16. The summed E-state index contributed by atoms with van der Waals surface area (Å²) < 4.78 is 15.7. The lowest BCUT2D eigenvalue weighted by Gasteiger charge is -2.13. The first-order chi connectivity index (χ1) is 6.85. The van der Waals surface area contributed by atoms with Crippen molar-refractivity contribution in [2.75, 3.05) is 20.4 Å². The molecule has 1 heterocycles. The Bertz CT molecular complexity index is 328. The smallest absolute Gasteiger partial charge is 0.231 e. The van der Waals surface area contributed by atoms with Crippen LogP contribution in [0, 0.1) is 0 Å². The normalized spacial score (nSPS) is 14.5. The molecular weight excluding hydrogens is 218 g/mol. The number of ether oxygens (including phenoxy) is 3. The molecule has 0 aromatic heterocycles. The minimum atomic E-state index is -0.0792. The van der Waals surface area contributed by atoms with E-state index in [0.29, 0.717) is 13.3 Å². The number of hydrogen-bond donors (Lipinski definition) is 1. The summed E-state index contributed by atoms with van der Waals surface area (Å²) in [7, 11) is 1.64. The molecule has 4 nitrogen and oxygen atoms in total. The van der Waals surface area contributed by atoms with Gasteiger partial charge in [-0.1, -0.05) is 6.07 Å². The van der Waals surface area contributed by atoms with Crippen LogP contribution in [0.1, 0.15) is 11.7 Å². The second-order valence-electron chi connectivity index (χ2n) is 3.07. The Morgan fingerprint density at radius 3 is 2.80 bits per heavy atom. The van der Waals surface area contributed by atoms with Gasteiger partial charge in [0.05, 0.1) is 6.10 Å². The molecule has 1 aliphatic rings. The van der Waals surface area contributed by atoms with Crippen LogP contribution in [-0.2, 0) is 4.74 Å². The van der Waals surface area contributed by atoms with E-state index in [9.17, 15) is 0 Å². The minimum absolute atomic E-state index is 0. The van der Waals surface area contributed by atoms with Crippen molar-refractivity contribution in [2.24, 2.45) is 5.73 Å². The number of methoxy groups -OCH3 is 1. The highest BCUT2D eigenvalue weighted by Crippen LogP contribution is 2.34. The van der Waals surface area contributed by atoms with Crippen LogP contribution in [0.5, 0.6) is 11.5 Å². The van der Waals surface area contributed by atoms with E-state index in [-0.39, 0.29) is 18.5 Å². The summed E-state index contributed by atoms with van der Waals surface area (Å²) in [6.07, 6.45) is -0.0792. The summed E-state index contributed by atoms with van der Waals surface area (Å²) in [5, 5.41) is 0. The number of benzene rings is 1. The first kappa shape index (κ1) is 12.1. The monoisotopic (exact) mass is 231 g/mol. The van der Waals surface area contributed by atoms with Crippen LogP contribution in [-0.4, -0.2) is 20.4 Å². The molecule has 2 N–H and O–H groups in total. The van der Waals surface area contributed by atoms with Crippen LogP contribution in [0.4, 0.5) is 0 Å². The van der Waals surface area contributed by atoms with Crippen molar-refractivity contribution in [3.8, 4) is 11.5 Å². The van der Waals surface area contributed by atoms with E-state index in [0.717, 1.165) is 17.1 Å². The molecule has 84 valence electrons. The highest BCUT2D eigenvalue weighted by atomic mass is 35.5. The third-order valence-corrected chi connectivity index (χ3v) is 2.27. The standard InChI is InChI=1S/C10H13NO3.ClH/c1-12-10(5-11)7-2-3-8-9(4-7)14-6-13-8;/h2-4,10H,5-6,11H2,1H3;1H. The van der Waals surface area contributed by atoms with Crippen LogP contribution in [0.25, 0.3) is 0 Å². The second-order valence-corrected chi connectivity index (χ2v) is 3.07. The lowest BCUT2D eigenvalue weighted by Crippen LogP contribution is -2.13. The molecule has 1 aromatic carbocycles. The van der Waals surface area contributed by atoms with Gasteiger partial charge in [-0.15, -0.1) is 12.4 Å². The topological polar surface area (TPSA) is 53.7 Å². The zero-order valence-corrected chi connectivity index (χ0v) is 9.25. The molecule has 2 rings (SSSR count). The molecule has 1 unspecified atom stereocenters. The molecule has 0 fully saturated rings. The van der Waals surface area contributed by atoms with E-state index < -0.39 is 0 Å². The van der Waals surface area contributed by atoms with Gasteiger partial charge in [0.25, 0.3) is 0 Å². The van der Waals surface area contributed by atoms with Crippen molar-refractivity contribution in [1.29, 1.82) is 0 Å². The van der Waals surface area contributed by atoms with Gasteiger partial charge >= 0.3 is 0 Å². The summed E-state index contributed by atoms with van der Waals surface area (Å²) in [4.78, 5) is 0. The van der Waals surface area contributed by atoms with Crippen LogP contribution < -0.4 is 15.2 Å². The Labute approximate surface area is 94.7 Å². The number of fused-ring (bicyclic) bond motifs is 1. The van der Waals surface area contributed by atoms with Crippen molar-refractivity contribution < 1.29 is 14.2 Å². The summed E-state index contributed by atoms with van der Waals surface area (Å²) in [5.74, 6) is 1.54. The van der Waals surface area contributed by atoms with Crippen LogP contribution >= 0.6 is 12.4 Å². The lowest BCUT2D eigenvalue weighted by atomic mass is 10.1. The first-order valence-corrected chi connectivity index (χ1v) is 4.47. The maximum Gasteiger partial charge on any atom is 0.231 e. The van der Waals surface area contributed by atoms with Crippen LogP contribution in [0.3, 0.4) is 0 Å². The fourth-order valence-corrected chi connectivity index (χ4v) is 1.48. The van der Waals surface area contributed by atoms with Crippen molar-refractivity contribution in [3.05, 3.63) is 23.8 Å². The van der Waals surface area contributed by atoms with E-state index in [1.807, 2.05) is 18.2 Å². The summed E-state index contributed by atoms with van der Waals surface area (Å²) >= 11 is 0. The van der Waals surface area contributed by atoms with Crippen LogP contribution in [0.15, 0.2) is 18.2 Å². The Morgan fingerprint density at radius 2 is 2.13 bits per heavy atom. The van der Waals surface area contributed by atoms with E-state index in [4.69, 9.17) is 19.9 Å². The quantitative estimate of drug-likeness (QED) is 0.856. The maximum atomic E-state index is 5.56. The number of halogens is 1. The summed E-state index contributed by atoms with van der Waals surface area (Å²) in [5.41, 5.74) is 6.58. The predicted octanol–water partition coefficient (Wildman–Crippen LogP) is 1.48. The van der Waals surface area contributed by atoms with Gasteiger partial charge < -0.3 is 19.9 Å². The molecule has 1 aliphatic heterocycles. The number of nitrogens with two attached hydrogens (primary N) is 1. The second kappa shape index (κ2) is 5.21. The minimum Gasteiger partial charge on any atom is -0.454 e. The number of hydrogen-bond acceptors (Lipinski definition) is 4. The Balaban J connectivity index is 0.00000112. The van der Waals surface area contributed by atoms with Crippen molar-refractivity contribution >= 4 is 12.4 Å². The molecule has 1 atom stereocenters. The largest absolute Gasteiger partial charge is 0.454 e. The Hall–Kier alpha value is -0.970. The van der Waals surface area contributed by atoms with Crippen LogP contribution in [0.2, 0.25) is 0 Å². The highest BCUT2D eigenvalue weighted by molar-refractivity contribution is 5.85. The third kappa shape index (κ3) is 2.34. The van der Waals surface area contributed by atoms with Gasteiger partial charge in [0.1, 0.15) is 0 Å². The van der Waals surface area contributed by atoms with Crippen molar-refractivity contribution in [2.45, 2.75) is 6.10 Å². The average molecular weight is 232 g/mol. The lowest BCUT2D eigenvalue weighted by molar-refractivity contribution is 0.110. The van der Waals surface area contributed by atoms with Gasteiger partial charge in [-0.05, 0) is 17.7 Å². The average Bonchev–Trinajstić information content (AvgIpc) is 2.66. The molecule has 0 saturated carbocycles. The Kier molecular flexibility index (Phi) is 4.20. The SMILES string of the molecule is COC(CN)c1ccc2c(c1)OCO2.Cl. The summed E-state index contributed by atoms with van der Waals surface area (Å²) in [6, 6.07) is 5.72. The van der Waals surface area contributed by atoms with Gasteiger partial charge in [-0.3, -0.25) is 0 Å². The molecule has 0 bridgehead atoms. The molecule has 1 aromatic rings. The molecule has 15 heavy (non-hydrogen) atoms. The maximum absolute atomic E-state index is 5.56. The number of rotatable bonds is 3. The van der Waals surface area contributed by atoms with E-state index in [1.54, 1.807) is 7.11 Å². The molecule has 0 spiro atoms. The van der Waals surface area contributed by atoms with Gasteiger partial charge in [-0.2, -0.15) is 0 Å². The fraction of sp³-hybridized carbons (Fsp3) is 0.400. The molecule has 0 radical (unpaired) electrons. The molecule has 0 amide bonds. The Morgan fingerprint density at radius 1 is 1.40 bits per heavy atom. The van der Waals surface area contributed by atoms with E-state index in [2.05, 4.69) is 0 Å². The van der Waals surface area contributed by atoms with Gasteiger partial charge in [-0.25, -0.2) is 0 Å². The summed E-state index contributed by atoms with van der Waals surface area (Å²) in [6.45, 7) is 0.745. The molecule has 0 aliphatic carbocycles.